The molecule has 0 radical (unpaired) electrons. The molecule has 0 saturated carbocycles. The lowest BCUT2D eigenvalue weighted by atomic mass is 10.1. The molecule has 1 aliphatic rings. The van der Waals surface area contributed by atoms with Crippen molar-refractivity contribution < 1.29 is 14.3 Å². The quantitative estimate of drug-likeness (QED) is 0.562. The minimum atomic E-state index is -0.149. The molecular weight excluding hydrogens is 360 g/mol. The molecule has 0 atom stereocenters. The average molecular weight is 376 g/mol. The van der Waals surface area contributed by atoms with Crippen LogP contribution in [0.1, 0.15) is 18.3 Å². The van der Waals surface area contributed by atoms with E-state index in [1.165, 1.54) is 6.92 Å². The summed E-state index contributed by atoms with van der Waals surface area (Å²) in [6.45, 7) is 1.69. The molecule has 2 aromatic carbocycles. The van der Waals surface area contributed by atoms with Crippen molar-refractivity contribution >= 4 is 34.1 Å². The van der Waals surface area contributed by atoms with E-state index in [1.807, 2.05) is 30.3 Å². The number of carbonyl (C=O) groups excluding carboxylic acids is 1. The fraction of sp³-hybridized carbons (Fsp3) is 0.158. The highest BCUT2D eigenvalue weighted by molar-refractivity contribution is 5.97. The number of carbonyl (C=O) groups is 1. The molecule has 4 aromatic rings. The van der Waals surface area contributed by atoms with Gasteiger partial charge in [-0.15, -0.1) is 5.10 Å². The van der Waals surface area contributed by atoms with Gasteiger partial charge in [0.05, 0.1) is 5.52 Å². The van der Waals surface area contributed by atoms with Gasteiger partial charge in [-0.2, -0.15) is 9.50 Å². The lowest BCUT2D eigenvalue weighted by Crippen LogP contribution is -2.07. The highest BCUT2D eigenvalue weighted by Crippen LogP contribution is 2.33. The molecule has 1 amide bonds. The van der Waals surface area contributed by atoms with Gasteiger partial charge >= 0.3 is 0 Å². The Morgan fingerprint density at radius 1 is 1.18 bits per heavy atom. The monoisotopic (exact) mass is 376 g/mol. The first kappa shape index (κ1) is 16.3. The number of nitrogens with two attached hydrogens (primary N) is 1. The molecule has 140 valence electrons. The van der Waals surface area contributed by atoms with Crippen molar-refractivity contribution in [2.75, 3.05) is 17.8 Å². The van der Waals surface area contributed by atoms with Crippen LogP contribution >= 0.6 is 0 Å². The van der Waals surface area contributed by atoms with Gasteiger partial charge in [0.2, 0.25) is 18.6 Å². The minimum Gasteiger partial charge on any atom is -0.454 e. The van der Waals surface area contributed by atoms with Gasteiger partial charge in [0.1, 0.15) is 5.82 Å². The van der Waals surface area contributed by atoms with E-state index in [1.54, 1.807) is 10.6 Å². The van der Waals surface area contributed by atoms with E-state index in [0.29, 0.717) is 29.3 Å². The molecule has 2 aromatic heterocycles. The third-order valence-corrected chi connectivity index (χ3v) is 4.47. The Morgan fingerprint density at radius 3 is 2.89 bits per heavy atom. The zero-order chi connectivity index (χ0) is 19.3. The largest absolute Gasteiger partial charge is 0.454 e. The number of rotatable bonds is 3. The average Bonchev–Trinajstić information content (AvgIpc) is 3.27. The Labute approximate surface area is 159 Å². The number of anilines is 2. The van der Waals surface area contributed by atoms with Crippen LogP contribution in [0.5, 0.6) is 11.5 Å². The van der Waals surface area contributed by atoms with Gasteiger partial charge < -0.3 is 20.5 Å². The number of aromatic nitrogens is 4. The number of hydrogen-bond acceptors (Lipinski definition) is 7. The summed E-state index contributed by atoms with van der Waals surface area (Å²) in [5.74, 6) is 2.15. The Morgan fingerprint density at radius 2 is 2.04 bits per heavy atom. The van der Waals surface area contributed by atoms with Gasteiger partial charge in [0.25, 0.3) is 0 Å². The van der Waals surface area contributed by atoms with Crippen molar-refractivity contribution in [3.05, 3.63) is 47.8 Å². The normalized spacial score (nSPS) is 12.6. The van der Waals surface area contributed by atoms with Gasteiger partial charge in [0.15, 0.2) is 17.1 Å². The van der Waals surface area contributed by atoms with Crippen molar-refractivity contribution in [2.24, 2.45) is 0 Å². The van der Waals surface area contributed by atoms with Crippen molar-refractivity contribution in [2.45, 2.75) is 13.3 Å². The molecular formula is C19H16N6O3. The maximum atomic E-state index is 11.4. The molecule has 0 aliphatic carbocycles. The molecule has 28 heavy (non-hydrogen) atoms. The fourth-order valence-electron chi connectivity index (χ4n) is 3.31. The van der Waals surface area contributed by atoms with Crippen molar-refractivity contribution in [3.8, 4) is 11.5 Å². The van der Waals surface area contributed by atoms with Crippen LogP contribution in [0.25, 0.3) is 16.6 Å². The molecule has 5 rings (SSSR count). The number of nitrogens with zero attached hydrogens (tertiary/aromatic N) is 4. The van der Waals surface area contributed by atoms with Gasteiger partial charge in [-0.1, -0.05) is 6.07 Å². The number of nitrogen functional groups attached to an aromatic ring is 1. The van der Waals surface area contributed by atoms with Crippen LogP contribution in [0.2, 0.25) is 0 Å². The van der Waals surface area contributed by atoms with E-state index in [9.17, 15) is 4.79 Å². The topological polar surface area (TPSA) is 117 Å². The predicted octanol–water partition coefficient (Wildman–Crippen LogP) is 2.14. The summed E-state index contributed by atoms with van der Waals surface area (Å²) in [6.07, 6.45) is 0.513. The van der Waals surface area contributed by atoms with E-state index in [4.69, 9.17) is 20.2 Å². The van der Waals surface area contributed by atoms with Crippen molar-refractivity contribution in [3.63, 3.8) is 0 Å². The summed E-state index contributed by atoms with van der Waals surface area (Å²) < 4.78 is 12.5. The van der Waals surface area contributed by atoms with E-state index >= 15 is 0 Å². The lowest BCUT2D eigenvalue weighted by molar-refractivity contribution is -0.114. The predicted molar refractivity (Wildman–Crippen MR) is 102 cm³/mol. The number of hydrogen-bond donors (Lipinski definition) is 2. The Balaban J connectivity index is 1.63. The SMILES string of the molecule is CC(=O)Nc1ccc2nc(Cc3ccc4c(c3)OCO4)n3nc(N)nc3c2c1. The van der Waals surface area contributed by atoms with Crippen LogP contribution in [0.3, 0.4) is 0 Å². The highest BCUT2D eigenvalue weighted by atomic mass is 16.7. The summed E-state index contributed by atoms with van der Waals surface area (Å²) in [5, 5.41) is 7.82. The summed E-state index contributed by atoms with van der Waals surface area (Å²) in [4.78, 5) is 20.5. The summed E-state index contributed by atoms with van der Waals surface area (Å²) in [7, 11) is 0. The first-order chi connectivity index (χ1) is 13.6. The maximum absolute atomic E-state index is 11.4. The second-order valence-corrected chi connectivity index (χ2v) is 6.51. The second-order valence-electron chi connectivity index (χ2n) is 6.51. The summed E-state index contributed by atoms with van der Waals surface area (Å²) in [5.41, 5.74) is 8.85. The van der Waals surface area contributed by atoms with Gasteiger partial charge in [-0.3, -0.25) is 4.79 Å². The van der Waals surface area contributed by atoms with Crippen LogP contribution in [-0.4, -0.2) is 32.3 Å². The molecule has 0 fully saturated rings. The molecule has 0 unspecified atom stereocenters. The smallest absolute Gasteiger partial charge is 0.240 e. The standard InChI is InChI=1S/C19H16N6O3/c1-10(26)21-12-3-4-14-13(8-12)18-23-19(20)24-25(18)17(22-14)7-11-2-5-15-16(6-11)28-9-27-15/h2-6,8H,7,9H2,1H3,(H2,20,24)(H,21,26). The Hall–Kier alpha value is -3.88. The molecule has 0 bridgehead atoms. The molecule has 0 saturated heterocycles. The number of amides is 1. The first-order valence-electron chi connectivity index (χ1n) is 8.68. The summed E-state index contributed by atoms with van der Waals surface area (Å²) in [6, 6.07) is 11.2. The van der Waals surface area contributed by atoms with Crippen molar-refractivity contribution in [1.29, 1.82) is 0 Å². The van der Waals surface area contributed by atoms with E-state index < -0.39 is 0 Å². The van der Waals surface area contributed by atoms with Crippen LogP contribution in [0.15, 0.2) is 36.4 Å². The fourth-order valence-corrected chi connectivity index (χ4v) is 3.31. The van der Waals surface area contributed by atoms with E-state index in [-0.39, 0.29) is 18.6 Å². The lowest BCUT2D eigenvalue weighted by Gasteiger charge is -2.09. The van der Waals surface area contributed by atoms with Crippen LogP contribution < -0.4 is 20.5 Å². The number of nitrogens with one attached hydrogen (secondary N) is 1. The van der Waals surface area contributed by atoms with E-state index in [0.717, 1.165) is 22.2 Å². The number of benzene rings is 2. The molecule has 0 spiro atoms. The highest BCUT2D eigenvalue weighted by Gasteiger charge is 2.17. The Bertz CT molecular complexity index is 1250. The van der Waals surface area contributed by atoms with Gasteiger partial charge in [0, 0.05) is 24.4 Å². The molecule has 1 aliphatic heterocycles. The number of ether oxygens (including phenoxy) is 2. The summed E-state index contributed by atoms with van der Waals surface area (Å²) >= 11 is 0. The number of fused-ring (bicyclic) bond motifs is 4. The van der Waals surface area contributed by atoms with Gasteiger partial charge in [-0.25, -0.2) is 4.98 Å². The van der Waals surface area contributed by atoms with Crippen LogP contribution in [0.4, 0.5) is 11.6 Å². The van der Waals surface area contributed by atoms with Crippen molar-refractivity contribution in [1.82, 2.24) is 19.6 Å². The molecule has 9 nitrogen and oxygen atoms in total. The molecule has 9 heteroatoms. The third-order valence-electron chi connectivity index (χ3n) is 4.47. The maximum Gasteiger partial charge on any atom is 0.240 e. The zero-order valence-electron chi connectivity index (χ0n) is 15.0. The first-order valence-corrected chi connectivity index (χ1v) is 8.68. The Kier molecular flexibility index (Phi) is 3.54. The van der Waals surface area contributed by atoms with E-state index in [2.05, 4.69) is 15.4 Å². The van der Waals surface area contributed by atoms with Crippen LogP contribution in [-0.2, 0) is 11.2 Å². The zero-order valence-corrected chi connectivity index (χ0v) is 15.0. The third kappa shape index (κ3) is 2.73. The second kappa shape index (κ2) is 6.08. The molecule has 3 N–H and O–H groups in total. The van der Waals surface area contributed by atoms with Gasteiger partial charge in [-0.05, 0) is 35.9 Å². The van der Waals surface area contributed by atoms with Crippen LogP contribution in [0, 0.1) is 0 Å². The minimum absolute atomic E-state index is 0.149. The molecule has 3 heterocycles.